The minimum Gasteiger partial charge on any atom is -0.493 e. The highest BCUT2D eigenvalue weighted by molar-refractivity contribution is 9.10. The third kappa shape index (κ3) is 6.19. The van der Waals surface area contributed by atoms with Crippen molar-refractivity contribution in [3.63, 3.8) is 0 Å². The number of para-hydroxylation sites is 1. The van der Waals surface area contributed by atoms with Crippen LogP contribution in [0.1, 0.15) is 10.4 Å². The van der Waals surface area contributed by atoms with Crippen molar-refractivity contribution in [2.24, 2.45) is 0 Å². The van der Waals surface area contributed by atoms with Crippen LogP contribution in [0.15, 0.2) is 77.5 Å². The van der Waals surface area contributed by atoms with Crippen molar-refractivity contribution < 1.29 is 19.0 Å². The van der Waals surface area contributed by atoms with Gasteiger partial charge in [0.1, 0.15) is 0 Å². The van der Waals surface area contributed by atoms with Crippen LogP contribution in [0.5, 0.6) is 17.2 Å². The summed E-state index contributed by atoms with van der Waals surface area (Å²) in [6.07, 6.45) is 3.43. The molecule has 3 aromatic carbocycles. The lowest BCUT2D eigenvalue weighted by molar-refractivity contribution is 0.102. The number of carbonyl (C=O) groups is 1. The first-order chi connectivity index (χ1) is 17.9. The Morgan fingerprint density at radius 2 is 1.62 bits per heavy atom. The Morgan fingerprint density at radius 3 is 2.30 bits per heavy atom. The van der Waals surface area contributed by atoms with Gasteiger partial charge in [-0.05, 0) is 58.5 Å². The molecule has 11 heteroatoms. The first kappa shape index (κ1) is 26.0. The second-order valence-corrected chi connectivity index (χ2v) is 8.91. The minimum absolute atomic E-state index is 0.305. The molecule has 0 saturated carbocycles. The molecule has 4 aromatic rings. The van der Waals surface area contributed by atoms with Crippen LogP contribution in [0.4, 0.5) is 17.1 Å². The van der Waals surface area contributed by atoms with Crippen molar-refractivity contribution in [3.8, 4) is 22.9 Å². The number of rotatable bonds is 8. The molecule has 1 aromatic heterocycles. The molecule has 9 nitrogen and oxygen atoms in total. The second kappa shape index (κ2) is 11.8. The fourth-order valence-corrected chi connectivity index (χ4v) is 4.13. The predicted molar refractivity (Wildman–Crippen MR) is 152 cm³/mol. The average molecular weight is 582 g/mol. The van der Waals surface area contributed by atoms with Gasteiger partial charge in [0.15, 0.2) is 16.6 Å². The molecule has 0 spiro atoms. The molecule has 0 aliphatic rings. The largest absolute Gasteiger partial charge is 0.493 e. The van der Waals surface area contributed by atoms with Crippen molar-refractivity contribution in [3.05, 3.63) is 83.1 Å². The molecule has 190 valence electrons. The molecule has 0 atom stereocenters. The van der Waals surface area contributed by atoms with Gasteiger partial charge in [0.2, 0.25) is 5.75 Å². The standard InChI is InChI=1S/C26H24BrN5O4S/c1-34-22-12-17(13-23(35-2)24(22)36-3)29-25(33)16-7-6-8-19(11-16)32-15-18(14-28-32)30-26(37)31-21-10-5-4-9-20(21)27/h4-15H,1-3H3,(H,29,33)(H2,30,31,37). The molecule has 37 heavy (non-hydrogen) atoms. The summed E-state index contributed by atoms with van der Waals surface area (Å²) in [4.78, 5) is 13.0. The summed E-state index contributed by atoms with van der Waals surface area (Å²) in [5, 5.41) is 13.9. The maximum absolute atomic E-state index is 13.0. The molecule has 0 aliphatic heterocycles. The molecule has 0 saturated heterocycles. The van der Waals surface area contributed by atoms with Gasteiger partial charge in [0, 0.05) is 27.9 Å². The number of hydrogen-bond acceptors (Lipinski definition) is 6. The molecule has 4 rings (SSSR count). The maximum atomic E-state index is 13.0. The number of nitrogens with one attached hydrogen (secondary N) is 3. The van der Waals surface area contributed by atoms with Gasteiger partial charge in [-0.15, -0.1) is 0 Å². The van der Waals surface area contributed by atoms with Crippen LogP contribution in [0.2, 0.25) is 0 Å². The van der Waals surface area contributed by atoms with E-state index in [1.54, 1.807) is 47.4 Å². The lowest BCUT2D eigenvalue weighted by Gasteiger charge is -2.14. The Bertz CT molecular complexity index is 1420. The number of methoxy groups -OCH3 is 3. The zero-order valence-corrected chi connectivity index (χ0v) is 22.6. The van der Waals surface area contributed by atoms with Gasteiger partial charge < -0.3 is 30.2 Å². The lowest BCUT2D eigenvalue weighted by Crippen LogP contribution is -2.19. The number of thiocarbonyl (C=S) groups is 1. The summed E-state index contributed by atoms with van der Waals surface area (Å²) in [5.41, 5.74) is 3.19. The number of carbonyl (C=O) groups excluding carboxylic acids is 1. The van der Waals surface area contributed by atoms with Crippen LogP contribution in [0, 0.1) is 0 Å². The molecule has 1 amide bonds. The number of hydrogen-bond donors (Lipinski definition) is 3. The Labute approximate surface area is 227 Å². The number of amides is 1. The SMILES string of the molecule is COc1cc(NC(=O)c2cccc(-n3cc(NC(=S)Nc4ccccc4Br)cn3)c2)cc(OC)c1OC. The third-order valence-corrected chi connectivity index (χ3v) is 6.15. The summed E-state index contributed by atoms with van der Waals surface area (Å²) in [6, 6.07) is 18.1. The summed E-state index contributed by atoms with van der Waals surface area (Å²) in [6.45, 7) is 0. The topological polar surface area (TPSA) is 98.7 Å². The van der Waals surface area contributed by atoms with Crippen LogP contribution in [-0.2, 0) is 0 Å². The number of ether oxygens (including phenoxy) is 3. The lowest BCUT2D eigenvalue weighted by atomic mass is 10.1. The van der Waals surface area contributed by atoms with E-state index in [2.05, 4.69) is 37.0 Å². The fraction of sp³-hybridized carbons (Fsp3) is 0.115. The zero-order chi connectivity index (χ0) is 26.4. The van der Waals surface area contributed by atoms with Gasteiger partial charge >= 0.3 is 0 Å². The summed E-state index contributed by atoms with van der Waals surface area (Å²) in [5.74, 6) is 1.02. The van der Waals surface area contributed by atoms with Gasteiger partial charge in [-0.3, -0.25) is 4.79 Å². The van der Waals surface area contributed by atoms with Crippen molar-refractivity contribution in [1.82, 2.24) is 9.78 Å². The molecule has 1 heterocycles. The summed E-state index contributed by atoms with van der Waals surface area (Å²) in [7, 11) is 4.55. The van der Waals surface area contributed by atoms with E-state index in [0.717, 1.165) is 10.2 Å². The van der Waals surface area contributed by atoms with E-state index < -0.39 is 0 Å². The van der Waals surface area contributed by atoms with Crippen LogP contribution < -0.4 is 30.2 Å². The smallest absolute Gasteiger partial charge is 0.255 e. The Kier molecular flexibility index (Phi) is 8.26. The number of anilines is 3. The van der Waals surface area contributed by atoms with Gasteiger partial charge in [-0.2, -0.15) is 5.10 Å². The summed E-state index contributed by atoms with van der Waals surface area (Å²) < 4.78 is 18.6. The molecule has 0 radical (unpaired) electrons. The Hall–Kier alpha value is -4.09. The highest BCUT2D eigenvalue weighted by atomic mass is 79.9. The quantitative estimate of drug-likeness (QED) is 0.227. The number of halogens is 1. The normalized spacial score (nSPS) is 10.4. The maximum Gasteiger partial charge on any atom is 0.255 e. The fourth-order valence-electron chi connectivity index (χ4n) is 3.52. The van der Waals surface area contributed by atoms with Crippen molar-refractivity contribution in [2.45, 2.75) is 0 Å². The van der Waals surface area contributed by atoms with E-state index >= 15 is 0 Å². The van der Waals surface area contributed by atoms with E-state index in [1.807, 2.05) is 30.3 Å². The number of nitrogens with zero attached hydrogens (tertiary/aromatic N) is 2. The van der Waals surface area contributed by atoms with Crippen molar-refractivity contribution in [2.75, 3.05) is 37.3 Å². The third-order valence-electron chi connectivity index (χ3n) is 5.26. The van der Waals surface area contributed by atoms with Crippen LogP contribution in [-0.4, -0.2) is 42.1 Å². The average Bonchev–Trinajstić information content (AvgIpc) is 3.37. The minimum atomic E-state index is -0.305. The van der Waals surface area contributed by atoms with Crippen LogP contribution >= 0.6 is 28.1 Å². The van der Waals surface area contributed by atoms with Crippen molar-refractivity contribution in [1.29, 1.82) is 0 Å². The molecule has 0 unspecified atom stereocenters. The molecule has 0 aliphatic carbocycles. The Morgan fingerprint density at radius 1 is 0.892 bits per heavy atom. The van der Waals surface area contributed by atoms with Gasteiger partial charge in [-0.25, -0.2) is 4.68 Å². The van der Waals surface area contributed by atoms with Crippen molar-refractivity contribution >= 4 is 56.2 Å². The monoisotopic (exact) mass is 581 g/mol. The zero-order valence-electron chi connectivity index (χ0n) is 20.2. The van der Waals surface area contributed by atoms with E-state index in [0.29, 0.717) is 45.0 Å². The number of aromatic nitrogens is 2. The molecule has 3 N–H and O–H groups in total. The molecule has 0 bridgehead atoms. The van der Waals surface area contributed by atoms with Gasteiger partial charge in [0.25, 0.3) is 5.91 Å². The van der Waals surface area contributed by atoms with Crippen LogP contribution in [0.3, 0.4) is 0 Å². The Balaban J connectivity index is 1.47. The first-order valence-electron chi connectivity index (χ1n) is 11.0. The van der Waals surface area contributed by atoms with Gasteiger partial charge in [-0.1, -0.05) is 18.2 Å². The van der Waals surface area contributed by atoms with E-state index in [1.165, 1.54) is 21.3 Å². The van der Waals surface area contributed by atoms with E-state index in [4.69, 9.17) is 26.4 Å². The summed E-state index contributed by atoms with van der Waals surface area (Å²) >= 11 is 8.90. The number of benzene rings is 3. The highest BCUT2D eigenvalue weighted by Gasteiger charge is 2.16. The van der Waals surface area contributed by atoms with Gasteiger partial charge in [0.05, 0.1) is 50.8 Å². The second-order valence-electron chi connectivity index (χ2n) is 7.65. The molecular weight excluding hydrogens is 558 g/mol. The molecule has 0 fully saturated rings. The molecular formula is C26H24BrN5O4S. The highest BCUT2D eigenvalue weighted by Crippen LogP contribution is 2.40. The van der Waals surface area contributed by atoms with Crippen LogP contribution in [0.25, 0.3) is 5.69 Å². The first-order valence-corrected chi connectivity index (χ1v) is 12.2. The predicted octanol–water partition coefficient (Wildman–Crippen LogP) is 5.72. The van der Waals surface area contributed by atoms with E-state index in [-0.39, 0.29) is 5.91 Å². The van der Waals surface area contributed by atoms with E-state index in [9.17, 15) is 4.79 Å².